The van der Waals surface area contributed by atoms with Crippen molar-refractivity contribution < 1.29 is 24.2 Å². The quantitative estimate of drug-likeness (QED) is 0.434. The smallest absolute Gasteiger partial charge is 0.407 e. The van der Waals surface area contributed by atoms with Gasteiger partial charge in [0.1, 0.15) is 12.6 Å². The van der Waals surface area contributed by atoms with Gasteiger partial charge in [-0.15, -0.1) is 0 Å². The lowest BCUT2D eigenvalue weighted by molar-refractivity contribution is -0.142. The van der Waals surface area contributed by atoms with Gasteiger partial charge in [-0.2, -0.15) is 0 Å². The van der Waals surface area contributed by atoms with E-state index in [1.807, 2.05) is 38.1 Å². The Morgan fingerprint density at radius 2 is 1.54 bits per heavy atom. The highest BCUT2D eigenvalue weighted by Gasteiger charge is 2.35. The molecule has 1 fully saturated rings. The van der Waals surface area contributed by atoms with E-state index in [4.69, 9.17) is 4.74 Å². The molecule has 2 aliphatic rings. The molecule has 0 spiro atoms. The van der Waals surface area contributed by atoms with Gasteiger partial charge in [-0.1, -0.05) is 62.4 Å². The lowest BCUT2D eigenvalue weighted by Crippen LogP contribution is -2.45. The third-order valence-electron chi connectivity index (χ3n) is 6.91. The number of alkyl carbamates (subject to hydrolysis) is 1. The van der Waals surface area contributed by atoms with Crippen LogP contribution in [0.1, 0.15) is 63.0 Å². The van der Waals surface area contributed by atoms with Crippen molar-refractivity contribution in [2.75, 3.05) is 6.61 Å². The number of benzene rings is 2. The summed E-state index contributed by atoms with van der Waals surface area (Å²) in [6.45, 7) is 4.24. The highest BCUT2D eigenvalue weighted by atomic mass is 16.5. The van der Waals surface area contributed by atoms with Crippen molar-refractivity contribution in [2.24, 2.45) is 11.8 Å². The van der Waals surface area contributed by atoms with Crippen LogP contribution in [0.3, 0.4) is 0 Å². The standard InChI is InChI=1S/C28H34N2O5/c1-17(2)11-14-24(27(32)33)29-26(31)15-25(18-12-13-18)30-28(34)35-16-23-21-9-5-3-7-19(21)20-8-4-6-10-22(20)23/h3-10,17-18,23-25H,11-16H2,1-2H3,(H,29,31)(H,30,34)(H,32,33). The first-order valence-electron chi connectivity index (χ1n) is 12.5. The average Bonchev–Trinajstić information content (AvgIpc) is 3.63. The Morgan fingerprint density at radius 1 is 0.943 bits per heavy atom. The molecule has 7 nitrogen and oxygen atoms in total. The van der Waals surface area contributed by atoms with Crippen LogP contribution >= 0.6 is 0 Å². The van der Waals surface area contributed by atoms with Gasteiger partial charge in [0.2, 0.25) is 5.91 Å². The van der Waals surface area contributed by atoms with Crippen molar-refractivity contribution in [3.05, 3.63) is 59.7 Å². The normalized spacial score (nSPS) is 16.2. The van der Waals surface area contributed by atoms with Crippen LogP contribution < -0.4 is 10.6 Å². The number of carbonyl (C=O) groups excluding carboxylic acids is 2. The van der Waals surface area contributed by atoms with Crippen molar-refractivity contribution in [1.29, 1.82) is 0 Å². The van der Waals surface area contributed by atoms with E-state index < -0.39 is 18.1 Å². The van der Waals surface area contributed by atoms with Crippen LogP contribution in [0, 0.1) is 11.8 Å². The molecule has 186 valence electrons. The predicted octanol–water partition coefficient (Wildman–Crippen LogP) is 4.70. The Kier molecular flexibility index (Phi) is 7.73. The van der Waals surface area contributed by atoms with Crippen molar-refractivity contribution >= 4 is 18.0 Å². The molecular weight excluding hydrogens is 444 g/mol. The van der Waals surface area contributed by atoms with Gasteiger partial charge in [0.25, 0.3) is 0 Å². The Labute approximate surface area is 206 Å². The zero-order valence-electron chi connectivity index (χ0n) is 20.3. The second-order valence-corrected chi connectivity index (χ2v) is 10.0. The van der Waals surface area contributed by atoms with E-state index in [0.717, 1.165) is 35.1 Å². The molecule has 2 atom stereocenters. The second-order valence-electron chi connectivity index (χ2n) is 10.0. The van der Waals surface area contributed by atoms with Gasteiger partial charge in [-0.3, -0.25) is 4.79 Å². The number of hydrogen-bond donors (Lipinski definition) is 3. The second kappa shape index (κ2) is 10.9. The molecule has 4 rings (SSSR count). The molecule has 3 N–H and O–H groups in total. The molecule has 7 heteroatoms. The van der Waals surface area contributed by atoms with Gasteiger partial charge in [0.15, 0.2) is 0 Å². The first kappa shape index (κ1) is 24.8. The van der Waals surface area contributed by atoms with Crippen LogP contribution in [-0.4, -0.2) is 41.8 Å². The summed E-state index contributed by atoms with van der Waals surface area (Å²) in [6.07, 6.45) is 2.44. The summed E-state index contributed by atoms with van der Waals surface area (Å²) in [7, 11) is 0. The lowest BCUT2D eigenvalue weighted by Gasteiger charge is -2.21. The third kappa shape index (κ3) is 6.21. The van der Waals surface area contributed by atoms with Gasteiger partial charge in [-0.25, -0.2) is 9.59 Å². The van der Waals surface area contributed by atoms with Crippen LogP contribution in [0.5, 0.6) is 0 Å². The molecule has 0 aromatic heterocycles. The topological polar surface area (TPSA) is 105 Å². The number of fused-ring (bicyclic) bond motifs is 3. The van der Waals surface area contributed by atoms with Crippen LogP contribution in [0.2, 0.25) is 0 Å². The molecule has 2 aliphatic carbocycles. The number of aliphatic carboxylic acids is 1. The van der Waals surface area contributed by atoms with Gasteiger partial charge >= 0.3 is 12.1 Å². The number of ether oxygens (including phenoxy) is 1. The van der Waals surface area contributed by atoms with E-state index in [-0.39, 0.29) is 36.8 Å². The molecule has 0 radical (unpaired) electrons. The summed E-state index contributed by atoms with van der Waals surface area (Å²) in [5.74, 6) is -0.875. The average molecular weight is 479 g/mol. The molecule has 0 aliphatic heterocycles. The fourth-order valence-corrected chi connectivity index (χ4v) is 4.84. The van der Waals surface area contributed by atoms with Crippen LogP contribution in [0.25, 0.3) is 11.1 Å². The van der Waals surface area contributed by atoms with Crippen LogP contribution in [0.15, 0.2) is 48.5 Å². The third-order valence-corrected chi connectivity index (χ3v) is 6.91. The molecule has 2 unspecified atom stereocenters. The van der Waals surface area contributed by atoms with E-state index in [1.54, 1.807) is 0 Å². The SMILES string of the molecule is CC(C)CCC(NC(=O)CC(NC(=O)OCC1c2ccccc2-c2ccccc21)C1CC1)C(=O)O. The molecule has 0 bridgehead atoms. The molecule has 35 heavy (non-hydrogen) atoms. The number of hydrogen-bond acceptors (Lipinski definition) is 4. The maximum absolute atomic E-state index is 12.7. The predicted molar refractivity (Wildman–Crippen MR) is 133 cm³/mol. The summed E-state index contributed by atoms with van der Waals surface area (Å²) < 4.78 is 5.64. The molecule has 1 saturated carbocycles. The monoisotopic (exact) mass is 478 g/mol. The Bertz CT molecular complexity index is 1030. The minimum atomic E-state index is -1.04. The van der Waals surface area contributed by atoms with Gasteiger partial charge < -0.3 is 20.5 Å². The van der Waals surface area contributed by atoms with Gasteiger partial charge in [0.05, 0.1) is 0 Å². The molecule has 2 aromatic carbocycles. The van der Waals surface area contributed by atoms with Crippen LogP contribution in [0.4, 0.5) is 4.79 Å². The van der Waals surface area contributed by atoms with E-state index in [1.165, 1.54) is 0 Å². The Hall–Kier alpha value is -3.35. The largest absolute Gasteiger partial charge is 0.480 e. The van der Waals surface area contributed by atoms with E-state index in [0.29, 0.717) is 18.8 Å². The number of carboxylic acid groups (broad SMARTS) is 1. The Morgan fingerprint density at radius 3 is 2.09 bits per heavy atom. The fraction of sp³-hybridized carbons (Fsp3) is 0.464. The molecule has 2 amide bonds. The zero-order valence-corrected chi connectivity index (χ0v) is 20.3. The first-order chi connectivity index (χ1) is 16.8. The number of carbonyl (C=O) groups is 3. The molecule has 0 heterocycles. The highest BCUT2D eigenvalue weighted by molar-refractivity contribution is 5.84. The Balaban J connectivity index is 1.33. The van der Waals surface area contributed by atoms with Crippen molar-refractivity contribution in [2.45, 2.75) is 64.0 Å². The summed E-state index contributed by atoms with van der Waals surface area (Å²) in [6, 6.07) is 15.0. The molecular formula is C28H34N2O5. The van der Waals surface area contributed by atoms with Crippen molar-refractivity contribution in [3.63, 3.8) is 0 Å². The summed E-state index contributed by atoms with van der Waals surface area (Å²) in [4.78, 5) is 36.8. The van der Waals surface area contributed by atoms with E-state index >= 15 is 0 Å². The summed E-state index contributed by atoms with van der Waals surface area (Å²) in [5, 5.41) is 14.9. The molecule has 2 aromatic rings. The number of nitrogens with one attached hydrogen (secondary N) is 2. The van der Waals surface area contributed by atoms with Crippen molar-refractivity contribution in [1.82, 2.24) is 10.6 Å². The first-order valence-corrected chi connectivity index (χ1v) is 12.5. The van der Waals surface area contributed by atoms with Gasteiger partial charge in [0, 0.05) is 18.4 Å². The number of amides is 2. The summed E-state index contributed by atoms with van der Waals surface area (Å²) in [5.41, 5.74) is 4.60. The van der Waals surface area contributed by atoms with Crippen LogP contribution in [-0.2, 0) is 14.3 Å². The number of rotatable bonds is 11. The van der Waals surface area contributed by atoms with E-state index in [9.17, 15) is 19.5 Å². The van der Waals surface area contributed by atoms with E-state index in [2.05, 4.69) is 34.9 Å². The zero-order chi connectivity index (χ0) is 24.9. The summed E-state index contributed by atoms with van der Waals surface area (Å²) >= 11 is 0. The molecule has 0 saturated heterocycles. The van der Waals surface area contributed by atoms with Crippen molar-refractivity contribution in [3.8, 4) is 11.1 Å². The number of carboxylic acids is 1. The minimum Gasteiger partial charge on any atom is -0.480 e. The minimum absolute atomic E-state index is 0.0342. The lowest BCUT2D eigenvalue weighted by atomic mass is 9.98. The highest BCUT2D eigenvalue weighted by Crippen LogP contribution is 2.44. The van der Waals surface area contributed by atoms with Gasteiger partial charge in [-0.05, 0) is 59.8 Å². The fourth-order valence-electron chi connectivity index (χ4n) is 4.84. The maximum Gasteiger partial charge on any atom is 0.407 e. The maximum atomic E-state index is 12.7.